The summed E-state index contributed by atoms with van der Waals surface area (Å²) in [6.07, 6.45) is 13.2. The van der Waals surface area contributed by atoms with E-state index in [4.69, 9.17) is 0 Å². The molecule has 0 heterocycles. The number of hydrogen-bond acceptors (Lipinski definition) is 0. The minimum Gasteiger partial charge on any atom is -0.0917 e. The number of hydrogen-bond donors (Lipinski definition) is 0. The number of allylic oxidation sites excluding steroid dienone is 4. The van der Waals surface area contributed by atoms with E-state index in [1.165, 1.54) is 12.8 Å². The average molecular weight is 137 g/mol. The van der Waals surface area contributed by atoms with Crippen LogP contribution in [0.4, 0.5) is 0 Å². The van der Waals surface area contributed by atoms with Crippen molar-refractivity contribution < 1.29 is 0 Å². The van der Waals surface area contributed by atoms with Gasteiger partial charge in [-0.15, -0.1) is 0 Å². The second kappa shape index (κ2) is 8.48. The van der Waals surface area contributed by atoms with Gasteiger partial charge in [0.15, 0.2) is 0 Å². The van der Waals surface area contributed by atoms with Crippen molar-refractivity contribution in [1.82, 2.24) is 0 Å². The Hall–Kier alpha value is -0.520. The Morgan fingerprint density at radius 1 is 1.00 bits per heavy atom. The molecule has 0 aromatic rings. The lowest BCUT2D eigenvalue weighted by molar-refractivity contribution is 1.00. The molecule has 0 aliphatic rings. The van der Waals surface area contributed by atoms with E-state index in [1.54, 1.807) is 0 Å². The molecule has 0 spiro atoms. The van der Waals surface area contributed by atoms with Gasteiger partial charge in [0.1, 0.15) is 0 Å². The fourth-order valence-electron chi connectivity index (χ4n) is 0.713. The summed E-state index contributed by atoms with van der Waals surface area (Å²) in [5.41, 5.74) is 0. The summed E-state index contributed by atoms with van der Waals surface area (Å²) in [5.74, 6) is 0. The van der Waals surface area contributed by atoms with Crippen molar-refractivity contribution in [2.75, 3.05) is 0 Å². The van der Waals surface area contributed by atoms with Gasteiger partial charge in [-0.3, -0.25) is 0 Å². The highest BCUT2D eigenvalue weighted by Crippen LogP contribution is 1.95. The number of rotatable bonds is 5. The van der Waals surface area contributed by atoms with Crippen LogP contribution in [0.25, 0.3) is 0 Å². The maximum atomic E-state index is 3.75. The predicted molar refractivity (Wildman–Crippen MR) is 47.8 cm³/mol. The molecule has 0 saturated carbocycles. The van der Waals surface area contributed by atoms with Crippen molar-refractivity contribution in [3.8, 4) is 0 Å². The highest BCUT2D eigenvalue weighted by molar-refractivity contribution is 4.86. The predicted octanol–water partition coefficient (Wildman–Crippen LogP) is 3.51. The third-order valence-corrected chi connectivity index (χ3v) is 1.27. The van der Waals surface area contributed by atoms with Crippen molar-refractivity contribution in [3.63, 3.8) is 0 Å². The Kier molecular flexibility index (Phi) is 8.04. The molecule has 0 fully saturated rings. The van der Waals surface area contributed by atoms with Crippen LogP contribution in [0, 0.1) is 6.92 Å². The topological polar surface area (TPSA) is 0 Å². The molecule has 57 valence electrons. The van der Waals surface area contributed by atoms with Crippen molar-refractivity contribution in [2.24, 2.45) is 0 Å². The zero-order valence-corrected chi connectivity index (χ0v) is 6.84. The van der Waals surface area contributed by atoms with E-state index in [2.05, 4.69) is 38.2 Å². The summed E-state index contributed by atoms with van der Waals surface area (Å²) in [7, 11) is 0. The lowest BCUT2D eigenvalue weighted by Crippen LogP contribution is -1.65. The highest BCUT2D eigenvalue weighted by atomic mass is 13.8. The summed E-state index contributed by atoms with van der Waals surface area (Å²) in [6.45, 7) is 5.81. The lowest BCUT2D eigenvalue weighted by Gasteiger charge is -1.85. The maximum absolute atomic E-state index is 3.75. The fourth-order valence-corrected chi connectivity index (χ4v) is 0.713. The molecule has 0 aromatic heterocycles. The first-order valence-electron chi connectivity index (χ1n) is 3.97. The van der Waals surface area contributed by atoms with Gasteiger partial charge in [0.25, 0.3) is 0 Å². The molecule has 0 saturated heterocycles. The molecule has 0 amide bonds. The molecule has 1 radical (unpaired) electrons. The maximum Gasteiger partial charge on any atom is -0.0316 e. The zero-order valence-electron chi connectivity index (χ0n) is 6.84. The van der Waals surface area contributed by atoms with Gasteiger partial charge in [-0.2, -0.15) is 0 Å². The summed E-state index contributed by atoms with van der Waals surface area (Å²) in [5, 5.41) is 0. The molecule has 0 aliphatic heterocycles. The molecule has 0 atom stereocenters. The van der Waals surface area contributed by atoms with Gasteiger partial charge in [-0.1, -0.05) is 31.2 Å². The molecular weight excluding hydrogens is 120 g/mol. The van der Waals surface area contributed by atoms with Crippen LogP contribution in [0.3, 0.4) is 0 Å². The molecular formula is C10H17. The van der Waals surface area contributed by atoms with Crippen LogP contribution in [0.15, 0.2) is 24.3 Å². The lowest BCUT2D eigenvalue weighted by atomic mass is 10.2. The van der Waals surface area contributed by atoms with E-state index in [0.717, 1.165) is 12.8 Å². The van der Waals surface area contributed by atoms with Gasteiger partial charge in [0.2, 0.25) is 0 Å². The van der Waals surface area contributed by atoms with Crippen LogP contribution in [0.5, 0.6) is 0 Å². The molecule has 0 unspecified atom stereocenters. The Balaban J connectivity index is 3.02. The molecule has 0 aliphatic carbocycles. The van der Waals surface area contributed by atoms with Crippen LogP contribution in [-0.2, 0) is 0 Å². The summed E-state index contributed by atoms with van der Waals surface area (Å²) >= 11 is 0. The van der Waals surface area contributed by atoms with E-state index in [9.17, 15) is 0 Å². The Labute approximate surface area is 64.6 Å². The largest absolute Gasteiger partial charge is 0.0917 e. The van der Waals surface area contributed by atoms with E-state index in [1.807, 2.05) is 0 Å². The second-order valence-corrected chi connectivity index (χ2v) is 2.26. The third kappa shape index (κ3) is 7.48. The Bertz CT molecular complexity index is 98.6. The monoisotopic (exact) mass is 137 g/mol. The first kappa shape index (κ1) is 9.48. The summed E-state index contributed by atoms with van der Waals surface area (Å²) in [4.78, 5) is 0. The molecule has 10 heavy (non-hydrogen) atoms. The van der Waals surface area contributed by atoms with Crippen LogP contribution in [0.2, 0.25) is 0 Å². The van der Waals surface area contributed by atoms with Gasteiger partial charge in [-0.05, 0) is 32.6 Å². The van der Waals surface area contributed by atoms with Gasteiger partial charge in [-0.25, -0.2) is 0 Å². The molecule has 0 N–H and O–H groups in total. The standard InChI is InChI=1S/C10H17/c1-3-5-7-9-10-8-6-4-2/h4,6-7,9H,1,3,5,8,10H2,2H3. The van der Waals surface area contributed by atoms with Crippen molar-refractivity contribution >= 4 is 0 Å². The zero-order chi connectivity index (χ0) is 7.66. The number of unbranched alkanes of at least 4 members (excludes halogenated alkanes) is 2. The molecule has 0 bridgehead atoms. The normalized spacial score (nSPS) is 11.8. The van der Waals surface area contributed by atoms with Crippen LogP contribution in [0.1, 0.15) is 32.6 Å². The molecule has 0 aromatic carbocycles. The SMILES string of the molecule is [CH2]CCC=CCCC=CC. The minimum atomic E-state index is 1.01. The highest BCUT2D eigenvalue weighted by Gasteiger charge is 1.74. The quantitative estimate of drug-likeness (QED) is 0.402. The van der Waals surface area contributed by atoms with Gasteiger partial charge in [0.05, 0.1) is 0 Å². The van der Waals surface area contributed by atoms with Gasteiger partial charge < -0.3 is 0 Å². The summed E-state index contributed by atoms with van der Waals surface area (Å²) < 4.78 is 0. The van der Waals surface area contributed by atoms with Crippen molar-refractivity contribution in [1.29, 1.82) is 0 Å². The Morgan fingerprint density at radius 3 is 2.20 bits per heavy atom. The molecule has 0 heteroatoms. The minimum absolute atomic E-state index is 1.01. The fraction of sp³-hybridized carbons (Fsp3) is 0.500. The smallest absolute Gasteiger partial charge is 0.0316 e. The first-order valence-corrected chi connectivity index (χ1v) is 3.97. The van der Waals surface area contributed by atoms with E-state index >= 15 is 0 Å². The van der Waals surface area contributed by atoms with E-state index < -0.39 is 0 Å². The van der Waals surface area contributed by atoms with Crippen LogP contribution in [-0.4, -0.2) is 0 Å². The van der Waals surface area contributed by atoms with Crippen LogP contribution >= 0.6 is 0 Å². The van der Waals surface area contributed by atoms with Gasteiger partial charge >= 0.3 is 0 Å². The average Bonchev–Trinajstić information content (AvgIpc) is 1.97. The van der Waals surface area contributed by atoms with Crippen molar-refractivity contribution in [3.05, 3.63) is 31.2 Å². The van der Waals surface area contributed by atoms with Crippen LogP contribution < -0.4 is 0 Å². The van der Waals surface area contributed by atoms with Crippen molar-refractivity contribution in [2.45, 2.75) is 32.6 Å². The molecule has 0 nitrogen and oxygen atoms in total. The summed E-state index contributed by atoms with van der Waals surface area (Å²) in [6, 6.07) is 0. The first-order chi connectivity index (χ1) is 4.91. The molecule has 0 rings (SSSR count). The van der Waals surface area contributed by atoms with E-state index in [-0.39, 0.29) is 0 Å². The third-order valence-electron chi connectivity index (χ3n) is 1.27. The second-order valence-electron chi connectivity index (χ2n) is 2.26. The Morgan fingerprint density at radius 2 is 1.60 bits per heavy atom. The van der Waals surface area contributed by atoms with E-state index in [0.29, 0.717) is 0 Å². The van der Waals surface area contributed by atoms with Gasteiger partial charge in [0, 0.05) is 0 Å².